The van der Waals surface area contributed by atoms with Crippen molar-refractivity contribution in [3.05, 3.63) is 63.7 Å². The largest absolute Gasteiger partial charge is 0.433 e. The van der Waals surface area contributed by atoms with E-state index in [-0.39, 0.29) is 17.9 Å². The quantitative estimate of drug-likeness (QED) is 0.651. The molecule has 0 fully saturated rings. The SMILES string of the molecule is COC(C)(CNC(=O)c1ccc([N+](=O)[O-])o1)c1ccccc1F. The molecule has 0 bridgehead atoms. The summed E-state index contributed by atoms with van der Waals surface area (Å²) >= 11 is 0. The molecule has 0 saturated carbocycles. The van der Waals surface area contributed by atoms with E-state index in [2.05, 4.69) is 5.32 Å². The summed E-state index contributed by atoms with van der Waals surface area (Å²) in [5.74, 6) is -1.85. The van der Waals surface area contributed by atoms with E-state index < -0.39 is 28.1 Å². The van der Waals surface area contributed by atoms with Gasteiger partial charge in [0, 0.05) is 12.7 Å². The van der Waals surface area contributed by atoms with Crippen LogP contribution >= 0.6 is 0 Å². The fourth-order valence-electron chi connectivity index (χ4n) is 2.05. The van der Waals surface area contributed by atoms with Gasteiger partial charge < -0.3 is 14.5 Å². The molecule has 8 heteroatoms. The highest BCUT2D eigenvalue weighted by Crippen LogP contribution is 2.26. The van der Waals surface area contributed by atoms with Crippen LogP contribution in [0.2, 0.25) is 0 Å². The lowest BCUT2D eigenvalue weighted by atomic mass is 9.95. The van der Waals surface area contributed by atoms with Crippen molar-refractivity contribution in [1.82, 2.24) is 5.32 Å². The summed E-state index contributed by atoms with van der Waals surface area (Å²) in [5, 5.41) is 13.1. The van der Waals surface area contributed by atoms with Crippen LogP contribution < -0.4 is 5.32 Å². The Morgan fingerprint density at radius 1 is 1.39 bits per heavy atom. The van der Waals surface area contributed by atoms with E-state index in [1.807, 2.05) is 0 Å². The van der Waals surface area contributed by atoms with Crippen LogP contribution in [0.4, 0.5) is 10.3 Å². The third-order valence-electron chi connectivity index (χ3n) is 3.48. The lowest BCUT2D eigenvalue weighted by Gasteiger charge is -2.29. The molecule has 1 amide bonds. The molecule has 0 saturated heterocycles. The normalized spacial score (nSPS) is 13.3. The molecule has 1 N–H and O–H groups in total. The Morgan fingerprint density at radius 3 is 2.65 bits per heavy atom. The van der Waals surface area contributed by atoms with Gasteiger partial charge in [-0.2, -0.15) is 0 Å². The molecule has 1 heterocycles. The number of halogens is 1. The van der Waals surface area contributed by atoms with Crippen LogP contribution in [0.5, 0.6) is 0 Å². The topological polar surface area (TPSA) is 94.6 Å². The molecular formula is C15H15FN2O5. The lowest BCUT2D eigenvalue weighted by molar-refractivity contribution is -0.402. The number of nitro groups is 1. The molecule has 1 aromatic carbocycles. The van der Waals surface area contributed by atoms with Gasteiger partial charge in [0.25, 0.3) is 5.91 Å². The minimum absolute atomic E-state index is 0.0439. The van der Waals surface area contributed by atoms with Crippen molar-refractivity contribution in [2.45, 2.75) is 12.5 Å². The molecule has 0 aliphatic carbocycles. The van der Waals surface area contributed by atoms with E-state index in [9.17, 15) is 19.3 Å². The van der Waals surface area contributed by atoms with Gasteiger partial charge in [0.1, 0.15) is 16.3 Å². The molecule has 0 spiro atoms. The zero-order chi connectivity index (χ0) is 17.0. The number of carbonyl (C=O) groups is 1. The molecule has 2 rings (SSSR count). The number of carbonyl (C=O) groups excluding carboxylic acids is 1. The van der Waals surface area contributed by atoms with E-state index in [1.165, 1.54) is 19.2 Å². The number of benzene rings is 1. The standard InChI is InChI=1S/C15H15FN2O5/c1-15(22-2,10-5-3-4-6-11(10)16)9-17-14(19)12-7-8-13(23-12)18(20)21/h3-8H,9H2,1-2H3,(H,17,19). The summed E-state index contributed by atoms with van der Waals surface area (Å²) in [4.78, 5) is 21.8. The van der Waals surface area contributed by atoms with Gasteiger partial charge in [-0.25, -0.2) is 4.39 Å². The third kappa shape index (κ3) is 3.54. The number of amides is 1. The maximum Gasteiger partial charge on any atom is 0.433 e. The first-order valence-corrected chi connectivity index (χ1v) is 6.70. The molecule has 1 aromatic heterocycles. The van der Waals surface area contributed by atoms with Gasteiger partial charge in [-0.05, 0) is 19.1 Å². The maximum atomic E-state index is 13.9. The first-order valence-electron chi connectivity index (χ1n) is 6.70. The van der Waals surface area contributed by atoms with Crippen LogP contribution in [0.25, 0.3) is 0 Å². The molecule has 2 aromatic rings. The summed E-state index contributed by atoms with van der Waals surface area (Å²) in [6, 6.07) is 8.35. The van der Waals surface area contributed by atoms with Crippen molar-refractivity contribution >= 4 is 11.8 Å². The molecule has 122 valence electrons. The Labute approximate surface area is 131 Å². The predicted molar refractivity (Wildman–Crippen MR) is 78.5 cm³/mol. The summed E-state index contributed by atoms with van der Waals surface area (Å²) in [6.45, 7) is 1.58. The average molecular weight is 322 g/mol. The third-order valence-corrected chi connectivity index (χ3v) is 3.48. The Kier molecular flexibility index (Phi) is 4.75. The van der Waals surface area contributed by atoms with Gasteiger partial charge in [-0.15, -0.1) is 0 Å². The number of methoxy groups -OCH3 is 1. The molecule has 1 atom stereocenters. The smallest absolute Gasteiger partial charge is 0.395 e. The molecule has 0 aliphatic rings. The summed E-state index contributed by atoms with van der Waals surface area (Å²) in [5.41, 5.74) is -0.812. The number of rotatable bonds is 6. The van der Waals surface area contributed by atoms with Crippen LogP contribution in [0, 0.1) is 15.9 Å². The van der Waals surface area contributed by atoms with E-state index in [0.717, 1.165) is 6.07 Å². The summed E-state index contributed by atoms with van der Waals surface area (Å²) in [7, 11) is 1.40. The Morgan fingerprint density at radius 2 is 2.09 bits per heavy atom. The predicted octanol–water partition coefficient (Wildman–Crippen LogP) is 2.62. The first-order chi connectivity index (χ1) is 10.9. The second-order valence-corrected chi connectivity index (χ2v) is 4.99. The highest BCUT2D eigenvalue weighted by Gasteiger charge is 2.30. The van der Waals surface area contributed by atoms with Crippen molar-refractivity contribution < 1.29 is 23.3 Å². The molecule has 23 heavy (non-hydrogen) atoms. The fraction of sp³-hybridized carbons (Fsp3) is 0.267. The van der Waals surface area contributed by atoms with Gasteiger partial charge in [0.2, 0.25) is 0 Å². The number of nitrogens with one attached hydrogen (secondary N) is 1. The number of hydrogen-bond acceptors (Lipinski definition) is 5. The van der Waals surface area contributed by atoms with Crippen molar-refractivity contribution in [3.63, 3.8) is 0 Å². The average Bonchev–Trinajstić information content (AvgIpc) is 3.03. The first kappa shape index (κ1) is 16.6. The van der Waals surface area contributed by atoms with Crippen LogP contribution in [-0.2, 0) is 10.3 Å². The fourth-order valence-corrected chi connectivity index (χ4v) is 2.05. The second-order valence-electron chi connectivity index (χ2n) is 4.99. The van der Waals surface area contributed by atoms with Crippen molar-refractivity contribution in [2.75, 3.05) is 13.7 Å². The highest BCUT2D eigenvalue weighted by molar-refractivity contribution is 5.91. The van der Waals surface area contributed by atoms with Crippen LogP contribution in [0.1, 0.15) is 23.0 Å². The number of furan rings is 1. The van der Waals surface area contributed by atoms with Crippen LogP contribution in [0.15, 0.2) is 40.8 Å². The van der Waals surface area contributed by atoms with Gasteiger partial charge in [-0.3, -0.25) is 14.9 Å². The Bertz CT molecular complexity index is 730. The lowest BCUT2D eigenvalue weighted by Crippen LogP contribution is -2.40. The van der Waals surface area contributed by atoms with Gasteiger partial charge >= 0.3 is 5.88 Å². The minimum atomic E-state index is -1.10. The van der Waals surface area contributed by atoms with Gasteiger partial charge in [0.15, 0.2) is 5.76 Å². The zero-order valence-electron chi connectivity index (χ0n) is 12.5. The van der Waals surface area contributed by atoms with Crippen molar-refractivity contribution in [2.24, 2.45) is 0 Å². The van der Waals surface area contributed by atoms with Gasteiger partial charge in [-0.1, -0.05) is 18.2 Å². The number of hydrogen-bond donors (Lipinski definition) is 1. The highest BCUT2D eigenvalue weighted by atomic mass is 19.1. The monoisotopic (exact) mass is 322 g/mol. The second kappa shape index (κ2) is 6.57. The van der Waals surface area contributed by atoms with Crippen LogP contribution in [0.3, 0.4) is 0 Å². The van der Waals surface area contributed by atoms with Crippen LogP contribution in [-0.4, -0.2) is 24.5 Å². The maximum absolute atomic E-state index is 13.9. The van der Waals surface area contributed by atoms with E-state index in [1.54, 1.807) is 25.1 Å². The Balaban J connectivity index is 2.12. The van der Waals surface area contributed by atoms with Crippen molar-refractivity contribution in [1.29, 1.82) is 0 Å². The molecule has 0 aliphatic heterocycles. The van der Waals surface area contributed by atoms with E-state index in [4.69, 9.17) is 9.15 Å². The minimum Gasteiger partial charge on any atom is -0.395 e. The zero-order valence-corrected chi connectivity index (χ0v) is 12.5. The van der Waals surface area contributed by atoms with E-state index >= 15 is 0 Å². The number of ether oxygens (including phenoxy) is 1. The molecule has 1 unspecified atom stereocenters. The summed E-state index contributed by atoms with van der Waals surface area (Å²) < 4.78 is 24.1. The Hall–Kier alpha value is -2.74. The van der Waals surface area contributed by atoms with Crippen molar-refractivity contribution in [3.8, 4) is 0 Å². The molecule has 7 nitrogen and oxygen atoms in total. The number of nitrogens with zero attached hydrogens (tertiary/aromatic N) is 1. The van der Waals surface area contributed by atoms with E-state index in [0.29, 0.717) is 0 Å². The summed E-state index contributed by atoms with van der Waals surface area (Å²) in [6.07, 6.45) is 0. The molecular weight excluding hydrogens is 307 g/mol. The molecule has 0 radical (unpaired) electrons. The van der Waals surface area contributed by atoms with Gasteiger partial charge in [0.05, 0.1) is 12.6 Å².